The number of rotatable bonds is 5. The van der Waals surface area contributed by atoms with Crippen molar-refractivity contribution in [2.75, 3.05) is 5.32 Å². The summed E-state index contributed by atoms with van der Waals surface area (Å²) < 4.78 is 5.97. The summed E-state index contributed by atoms with van der Waals surface area (Å²) in [5.41, 5.74) is 5.32. The lowest BCUT2D eigenvalue weighted by Crippen LogP contribution is -2.32. The number of aryl methyl sites for hydroxylation is 2. The van der Waals surface area contributed by atoms with E-state index in [0.29, 0.717) is 6.42 Å². The molecule has 0 bridgehead atoms. The zero-order valence-corrected chi connectivity index (χ0v) is 14.6. The predicted molar refractivity (Wildman–Crippen MR) is 95.2 cm³/mol. The SMILES string of the molecule is CC[C@@H](Oc1cccc(C)c1C)C(=O)Nc1cccc(C)c1C. The van der Waals surface area contributed by atoms with Gasteiger partial charge in [-0.2, -0.15) is 0 Å². The molecule has 23 heavy (non-hydrogen) atoms. The van der Waals surface area contributed by atoms with Crippen molar-refractivity contribution >= 4 is 11.6 Å². The third-order valence-electron chi connectivity index (χ3n) is 4.35. The number of carbonyl (C=O) groups excluding carboxylic acids is 1. The Morgan fingerprint density at radius 2 is 1.61 bits per heavy atom. The van der Waals surface area contributed by atoms with Crippen LogP contribution in [0.15, 0.2) is 36.4 Å². The largest absolute Gasteiger partial charge is 0.480 e. The number of amides is 1. The molecule has 0 aliphatic heterocycles. The Bertz CT molecular complexity index is 707. The maximum absolute atomic E-state index is 12.6. The minimum absolute atomic E-state index is 0.109. The Labute approximate surface area is 138 Å². The fourth-order valence-electron chi connectivity index (χ4n) is 2.43. The third kappa shape index (κ3) is 3.92. The number of nitrogens with one attached hydrogen (secondary N) is 1. The lowest BCUT2D eigenvalue weighted by Gasteiger charge is -2.20. The second-order valence-electron chi connectivity index (χ2n) is 5.95. The van der Waals surface area contributed by atoms with E-state index in [1.165, 1.54) is 0 Å². The monoisotopic (exact) mass is 311 g/mol. The first kappa shape index (κ1) is 17.1. The van der Waals surface area contributed by atoms with Gasteiger partial charge in [0.05, 0.1) is 0 Å². The van der Waals surface area contributed by atoms with Crippen LogP contribution >= 0.6 is 0 Å². The molecule has 0 saturated carbocycles. The van der Waals surface area contributed by atoms with Crippen LogP contribution in [-0.2, 0) is 4.79 Å². The van der Waals surface area contributed by atoms with Crippen LogP contribution in [0.25, 0.3) is 0 Å². The molecule has 0 aromatic heterocycles. The molecule has 122 valence electrons. The van der Waals surface area contributed by atoms with Crippen LogP contribution in [-0.4, -0.2) is 12.0 Å². The Kier molecular flexibility index (Phi) is 5.43. The summed E-state index contributed by atoms with van der Waals surface area (Å²) in [7, 11) is 0. The van der Waals surface area contributed by atoms with Gasteiger partial charge in [0.15, 0.2) is 6.10 Å². The molecule has 0 unspecified atom stereocenters. The molecule has 0 spiro atoms. The van der Waals surface area contributed by atoms with Crippen molar-refractivity contribution in [1.29, 1.82) is 0 Å². The first-order valence-corrected chi connectivity index (χ1v) is 8.04. The molecule has 1 N–H and O–H groups in total. The van der Waals surface area contributed by atoms with Crippen molar-refractivity contribution in [3.05, 3.63) is 58.7 Å². The summed E-state index contributed by atoms with van der Waals surface area (Å²) >= 11 is 0. The van der Waals surface area contributed by atoms with Gasteiger partial charge in [-0.25, -0.2) is 0 Å². The van der Waals surface area contributed by atoms with E-state index in [2.05, 4.69) is 5.32 Å². The minimum Gasteiger partial charge on any atom is -0.480 e. The lowest BCUT2D eigenvalue weighted by atomic mass is 10.1. The van der Waals surface area contributed by atoms with E-state index in [1.807, 2.05) is 71.0 Å². The smallest absolute Gasteiger partial charge is 0.265 e. The fourth-order valence-corrected chi connectivity index (χ4v) is 2.43. The number of hydrogen-bond donors (Lipinski definition) is 1. The average Bonchev–Trinajstić information content (AvgIpc) is 2.53. The van der Waals surface area contributed by atoms with Gasteiger partial charge < -0.3 is 10.1 Å². The van der Waals surface area contributed by atoms with Gasteiger partial charge >= 0.3 is 0 Å². The van der Waals surface area contributed by atoms with E-state index < -0.39 is 6.10 Å². The van der Waals surface area contributed by atoms with Gasteiger partial charge in [0.25, 0.3) is 5.91 Å². The maximum atomic E-state index is 12.6. The second kappa shape index (κ2) is 7.32. The quantitative estimate of drug-likeness (QED) is 0.868. The molecule has 0 saturated heterocycles. The van der Waals surface area contributed by atoms with E-state index in [0.717, 1.165) is 33.7 Å². The van der Waals surface area contributed by atoms with E-state index >= 15 is 0 Å². The van der Waals surface area contributed by atoms with Gasteiger partial charge in [-0.15, -0.1) is 0 Å². The zero-order chi connectivity index (χ0) is 17.0. The second-order valence-corrected chi connectivity index (χ2v) is 5.95. The molecule has 2 rings (SSSR count). The molecule has 0 heterocycles. The van der Waals surface area contributed by atoms with E-state index in [9.17, 15) is 4.79 Å². The summed E-state index contributed by atoms with van der Waals surface area (Å²) in [4.78, 5) is 12.6. The summed E-state index contributed by atoms with van der Waals surface area (Å²) in [6.45, 7) is 10.1. The molecule has 0 radical (unpaired) electrons. The lowest BCUT2D eigenvalue weighted by molar-refractivity contribution is -0.122. The minimum atomic E-state index is -0.504. The molecule has 2 aromatic rings. The molecule has 0 aliphatic rings. The highest BCUT2D eigenvalue weighted by Crippen LogP contribution is 2.23. The van der Waals surface area contributed by atoms with E-state index in [4.69, 9.17) is 4.74 Å². The van der Waals surface area contributed by atoms with Gasteiger partial charge in [0.1, 0.15) is 5.75 Å². The van der Waals surface area contributed by atoms with Crippen LogP contribution in [0.5, 0.6) is 5.75 Å². The Balaban J connectivity index is 2.15. The molecular formula is C20H25NO2. The zero-order valence-electron chi connectivity index (χ0n) is 14.6. The number of ether oxygens (including phenoxy) is 1. The van der Waals surface area contributed by atoms with Crippen molar-refractivity contribution < 1.29 is 9.53 Å². The van der Waals surface area contributed by atoms with Gasteiger partial charge in [0.2, 0.25) is 0 Å². The normalized spacial score (nSPS) is 11.9. The standard InChI is InChI=1S/C20H25NO2/c1-6-18(23-19-12-8-10-14(3)16(19)5)20(22)21-17-11-7-9-13(2)15(17)4/h7-12,18H,6H2,1-5H3,(H,21,22)/t18-/m1/s1. The van der Waals surface area contributed by atoms with Crippen molar-refractivity contribution in [1.82, 2.24) is 0 Å². The van der Waals surface area contributed by atoms with Crippen LogP contribution in [0.2, 0.25) is 0 Å². The molecule has 3 nitrogen and oxygen atoms in total. The van der Waals surface area contributed by atoms with Crippen molar-refractivity contribution in [2.24, 2.45) is 0 Å². The molecule has 2 aromatic carbocycles. The van der Waals surface area contributed by atoms with Gasteiger partial charge in [0, 0.05) is 5.69 Å². The highest BCUT2D eigenvalue weighted by molar-refractivity contribution is 5.95. The molecule has 1 amide bonds. The molecular weight excluding hydrogens is 286 g/mol. The summed E-state index contributed by atoms with van der Waals surface area (Å²) in [5.74, 6) is 0.662. The van der Waals surface area contributed by atoms with Crippen molar-refractivity contribution in [3.63, 3.8) is 0 Å². The number of benzene rings is 2. The predicted octanol–water partition coefficient (Wildman–Crippen LogP) is 4.72. The van der Waals surface area contributed by atoms with Crippen LogP contribution in [0.1, 0.15) is 35.6 Å². The Morgan fingerprint density at radius 3 is 2.26 bits per heavy atom. The third-order valence-corrected chi connectivity index (χ3v) is 4.35. The summed E-state index contributed by atoms with van der Waals surface area (Å²) in [6.07, 6.45) is 0.111. The van der Waals surface area contributed by atoms with Crippen LogP contribution in [0.3, 0.4) is 0 Å². The fraction of sp³-hybridized carbons (Fsp3) is 0.350. The Hall–Kier alpha value is -2.29. The van der Waals surface area contributed by atoms with Gasteiger partial charge in [-0.1, -0.05) is 31.2 Å². The average molecular weight is 311 g/mol. The first-order valence-electron chi connectivity index (χ1n) is 8.04. The maximum Gasteiger partial charge on any atom is 0.265 e. The molecule has 0 fully saturated rings. The number of anilines is 1. The first-order chi connectivity index (χ1) is 10.9. The number of hydrogen-bond acceptors (Lipinski definition) is 2. The van der Waals surface area contributed by atoms with Crippen LogP contribution < -0.4 is 10.1 Å². The highest BCUT2D eigenvalue weighted by atomic mass is 16.5. The molecule has 0 aliphatic carbocycles. The highest BCUT2D eigenvalue weighted by Gasteiger charge is 2.20. The van der Waals surface area contributed by atoms with E-state index in [1.54, 1.807) is 0 Å². The molecule has 3 heteroatoms. The van der Waals surface area contributed by atoms with Crippen LogP contribution in [0, 0.1) is 27.7 Å². The summed E-state index contributed by atoms with van der Waals surface area (Å²) in [5, 5.41) is 2.99. The van der Waals surface area contributed by atoms with Crippen molar-refractivity contribution in [2.45, 2.75) is 47.1 Å². The van der Waals surface area contributed by atoms with Crippen molar-refractivity contribution in [3.8, 4) is 5.75 Å². The Morgan fingerprint density at radius 1 is 1.00 bits per heavy atom. The topological polar surface area (TPSA) is 38.3 Å². The van der Waals surface area contributed by atoms with Crippen LogP contribution in [0.4, 0.5) is 5.69 Å². The van der Waals surface area contributed by atoms with Gasteiger partial charge in [-0.3, -0.25) is 4.79 Å². The molecule has 1 atom stereocenters. The van der Waals surface area contributed by atoms with E-state index in [-0.39, 0.29) is 5.91 Å². The summed E-state index contributed by atoms with van der Waals surface area (Å²) in [6, 6.07) is 11.8. The number of carbonyl (C=O) groups is 1. The van der Waals surface area contributed by atoms with Gasteiger partial charge in [-0.05, 0) is 68.5 Å².